The Morgan fingerprint density at radius 2 is 1.81 bits per heavy atom. The summed E-state index contributed by atoms with van der Waals surface area (Å²) in [6.07, 6.45) is 0. The number of carbonyl (C=O) groups is 1. The molecule has 0 aliphatic heterocycles. The van der Waals surface area contributed by atoms with E-state index in [4.69, 9.17) is 4.74 Å². The summed E-state index contributed by atoms with van der Waals surface area (Å²) in [5, 5.41) is 12.0. The van der Waals surface area contributed by atoms with Gasteiger partial charge in [-0.2, -0.15) is 5.26 Å². The maximum absolute atomic E-state index is 12.8. The Bertz CT molecular complexity index is 964. The zero-order valence-corrected chi connectivity index (χ0v) is 15.6. The van der Waals surface area contributed by atoms with Crippen molar-refractivity contribution in [3.05, 3.63) is 69.5 Å². The number of ketones is 1. The summed E-state index contributed by atoms with van der Waals surface area (Å²) in [7, 11) is 1.62. The number of thiazole rings is 1. The fraction of sp³-hybridized carbons (Fsp3) is 0.190. The molecule has 0 saturated carbocycles. The highest BCUT2D eigenvalue weighted by molar-refractivity contribution is 7.10. The number of benzene rings is 2. The summed E-state index contributed by atoms with van der Waals surface area (Å²) in [5.41, 5.74) is 4.23. The molecule has 4 nitrogen and oxygen atoms in total. The third-order valence-corrected chi connectivity index (χ3v) is 4.96. The minimum Gasteiger partial charge on any atom is -0.497 e. The van der Waals surface area contributed by atoms with Crippen molar-refractivity contribution in [1.29, 1.82) is 5.26 Å². The van der Waals surface area contributed by atoms with Crippen LogP contribution < -0.4 is 4.74 Å². The molecule has 5 heteroatoms. The third-order valence-electron chi connectivity index (χ3n) is 4.05. The average Bonchev–Trinajstić information content (AvgIpc) is 3.11. The van der Waals surface area contributed by atoms with Crippen molar-refractivity contribution in [3.8, 4) is 23.1 Å². The molecular weight excluding hydrogens is 344 g/mol. The number of nitrogens with zero attached hydrogens (tertiary/aromatic N) is 2. The van der Waals surface area contributed by atoms with Gasteiger partial charge in [-0.1, -0.05) is 17.2 Å². The normalized spacial score (nSPS) is 11.6. The smallest absolute Gasteiger partial charge is 0.186 e. The SMILES string of the molecule is COc1ccc(-c2csc(C(C#N)C(=O)c3cc(C)cc(C)c3)n2)cc1. The summed E-state index contributed by atoms with van der Waals surface area (Å²) in [6, 6.07) is 15.3. The second kappa shape index (κ2) is 7.51. The molecule has 2 aromatic carbocycles. The summed E-state index contributed by atoms with van der Waals surface area (Å²) in [4.78, 5) is 17.4. The highest BCUT2D eigenvalue weighted by atomic mass is 32.1. The highest BCUT2D eigenvalue weighted by Crippen LogP contribution is 2.29. The van der Waals surface area contributed by atoms with E-state index in [-0.39, 0.29) is 5.78 Å². The minimum atomic E-state index is -0.895. The molecule has 130 valence electrons. The number of hydrogen-bond acceptors (Lipinski definition) is 5. The predicted octanol–water partition coefficient (Wildman–Crippen LogP) is 4.93. The lowest BCUT2D eigenvalue weighted by molar-refractivity contribution is 0.0978. The number of aromatic nitrogens is 1. The highest BCUT2D eigenvalue weighted by Gasteiger charge is 2.25. The van der Waals surface area contributed by atoms with Crippen molar-refractivity contribution < 1.29 is 9.53 Å². The Morgan fingerprint density at radius 1 is 1.15 bits per heavy atom. The average molecular weight is 362 g/mol. The first kappa shape index (κ1) is 17.8. The summed E-state index contributed by atoms with van der Waals surface area (Å²) in [5.74, 6) is -0.341. The van der Waals surface area contributed by atoms with Crippen LogP contribution in [0.5, 0.6) is 5.75 Å². The van der Waals surface area contributed by atoms with Gasteiger partial charge in [-0.15, -0.1) is 11.3 Å². The lowest BCUT2D eigenvalue weighted by Crippen LogP contribution is -2.11. The lowest BCUT2D eigenvalue weighted by atomic mass is 9.96. The van der Waals surface area contributed by atoms with Crippen LogP contribution in [0.3, 0.4) is 0 Å². The van der Waals surface area contributed by atoms with Gasteiger partial charge in [0.05, 0.1) is 18.9 Å². The molecule has 0 saturated heterocycles. The quantitative estimate of drug-likeness (QED) is 0.604. The molecule has 3 rings (SSSR count). The van der Waals surface area contributed by atoms with Crippen LogP contribution in [-0.2, 0) is 0 Å². The monoisotopic (exact) mass is 362 g/mol. The molecule has 0 amide bonds. The van der Waals surface area contributed by atoms with Crippen molar-refractivity contribution in [2.45, 2.75) is 19.8 Å². The van der Waals surface area contributed by atoms with Gasteiger partial charge in [-0.3, -0.25) is 4.79 Å². The maximum Gasteiger partial charge on any atom is 0.186 e. The van der Waals surface area contributed by atoms with Gasteiger partial charge in [0.1, 0.15) is 10.8 Å². The van der Waals surface area contributed by atoms with Gasteiger partial charge in [-0.25, -0.2) is 4.98 Å². The molecule has 0 aliphatic carbocycles. The largest absolute Gasteiger partial charge is 0.497 e. The minimum absolute atomic E-state index is 0.213. The van der Waals surface area contributed by atoms with E-state index >= 15 is 0 Å². The standard InChI is InChI=1S/C21H18N2O2S/c1-13-8-14(2)10-16(9-13)20(24)18(11-22)21-23-19(12-26-21)15-4-6-17(25-3)7-5-15/h4-10,12,18H,1-3H3. The van der Waals surface area contributed by atoms with Crippen LogP contribution in [0, 0.1) is 25.2 Å². The van der Waals surface area contributed by atoms with Crippen molar-refractivity contribution >= 4 is 17.1 Å². The zero-order chi connectivity index (χ0) is 18.7. The number of aryl methyl sites for hydroxylation is 2. The van der Waals surface area contributed by atoms with E-state index < -0.39 is 5.92 Å². The second-order valence-corrected chi connectivity index (χ2v) is 6.99. The molecule has 0 N–H and O–H groups in total. The number of hydrogen-bond donors (Lipinski definition) is 0. The van der Waals surface area contributed by atoms with Crippen LogP contribution in [0.4, 0.5) is 0 Å². The fourth-order valence-electron chi connectivity index (χ4n) is 2.82. The van der Waals surface area contributed by atoms with Gasteiger partial charge in [0.25, 0.3) is 0 Å². The Kier molecular flexibility index (Phi) is 5.15. The predicted molar refractivity (Wildman–Crippen MR) is 103 cm³/mol. The van der Waals surface area contributed by atoms with Crippen molar-refractivity contribution in [1.82, 2.24) is 4.98 Å². The van der Waals surface area contributed by atoms with Crippen LogP contribution in [0.1, 0.15) is 32.4 Å². The molecule has 26 heavy (non-hydrogen) atoms. The fourth-order valence-corrected chi connectivity index (χ4v) is 3.69. The molecule has 0 fully saturated rings. The zero-order valence-electron chi connectivity index (χ0n) is 14.8. The van der Waals surface area contributed by atoms with Crippen LogP contribution in [-0.4, -0.2) is 17.9 Å². The summed E-state index contributed by atoms with van der Waals surface area (Å²) < 4.78 is 5.16. The first-order valence-corrected chi connectivity index (χ1v) is 9.01. The van der Waals surface area contributed by atoms with Crippen LogP contribution in [0.2, 0.25) is 0 Å². The van der Waals surface area contributed by atoms with Gasteiger partial charge in [-0.05, 0) is 50.2 Å². The Labute approximate surface area is 156 Å². The van der Waals surface area contributed by atoms with E-state index in [1.165, 1.54) is 11.3 Å². The molecule has 3 aromatic rings. The van der Waals surface area contributed by atoms with Crippen LogP contribution >= 0.6 is 11.3 Å². The van der Waals surface area contributed by atoms with E-state index in [0.29, 0.717) is 10.6 Å². The Morgan fingerprint density at radius 3 is 2.38 bits per heavy atom. The second-order valence-electron chi connectivity index (χ2n) is 6.10. The van der Waals surface area contributed by atoms with Gasteiger partial charge < -0.3 is 4.74 Å². The molecular formula is C21H18N2O2S. The molecule has 0 aliphatic rings. The van der Waals surface area contributed by atoms with Gasteiger partial charge in [0, 0.05) is 16.5 Å². The topological polar surface area (TPSA) is 63.0 Å². The van der Waals surface area contributed by atoms with E-state index in [1.54, 1.807) is 7.11 Å². The number of ether oxygens (including phenoxy) is 1. The Balaban J connectivity index is 1.90. The first-order valence-electron chi connectivity index (χ1n) is 8.14. The van der Waals surface area contributed by atoms with E-state index in [1.807, 2.05) is 61.7 Å². The third kappa shape index (κ3) is 3.66. The van der Waals surface area contributed by atoms with Gasteiger partial charge in [0.15, 0.2) is 11.7 Å². The first-order chi connectivity index (χ1) is 12.5. The maximum atomic E-state index is 12.8. The molecule has 1 heterocycles. The Hall–Kier alpha value is -2.97. The van der Waals surface area contributed by atoms with E-state index in [9.17, 15) is 10.1 Å². The van der Waals surface area contributed by atoms with Crippen LogP contribution in [0.25, 0.3) is 11.3 Å². The molecule has 1 aromatic heterocycles. The number of methoxy groups -OCH3 is 1. The molecule has 1 unspecified atom stereocenters. The number of carbonyl (C=O) groups excluding carboxylic acids is 1. The molecule has 1 atom stereocenters. The van der Waals surface area contributed by atoms with E-state index in [0.717, 1.165) is 28.1 Å². The van der Waals surface area contributed by atoms with E-state index in [2.05, 4.69) is 11.1 Å². The molecule has 0 bridgehead atoms. The van der Waals surface area contributed by atoms with Crippen molar-refractivity contribution in [2.24, 2.45) is 0 Å². The van der Waals surface area contributed by atoms with Gasteiger partial charge >= 0.3 is 0 Å². The number of rotatable bonds is 5. The molecule has 0 spiro atoms. The lowest BCUT2D eigenvalue weighted by Gasteiger charge is -2.07. The van der Waals surface area contributed by atoms with Crippen LogP contribution in [0.15, 0.2) is 47.8 Å². The molecule has 0 radical (unpaired) electrons. The summed E-state index contributed by atoms with van der Waals surface area (Å²) in [6.45, 7) is 3.88. The summed E-state index contributed by atoms with van der Waals surface area (Å²) >= 11 is 1.33. The van der Waals surface area contributed by atoms with Crippen molar-refractivity contribution in [2.75, 3.05) is 7.11 Å². The number of nitriles is 1. The van der Waals surface area contributed by atoms with Gasteiger partial charge in [0.2, 0.25) is 0 Å². The van der Waals surface area contributed by atoms with Crippen molar-refractivity contribution in [3.63, 3.8) is 0 Å². The number of Topliss-reactive ketones (excluding diaryl/α,β-unsaturated/α-hetero) is 1.